The normalized spacial score (nSPS) is 10.7. The van der Waals surface area contributed by atoms with Crippen molar-refractivity contribution in [3.63, 3.8) is 0 Å². The van der Waals surface area contributed by atoms with E-state index in [0.717, 1.165) is 0 Å². The summed E-state index contributed by atoms with van der Waals surface area (Å²) in [4.78, 5) is 26.8. The third-order valence-corrected chi connectivity index (χ3v) is 4.33. The van der Waals surface area contributed by atoms with Crippen LogP contribution in [0.25, 0.3) is 10.9 Å². The van der Waals surface area contributed by atoms with Crippen molar-refractivity contribution in [2.45, 2.75) is 6.42 Å². The lowest BCUT2D eigenvalue weighted by molar-refractivity contribution is -0.115. The summed E-state index contributed by atoms with van der Waals surface area (Å²) in [7, 11) is 1.48. The first kappa shape index (κ1) is 18.1. The van der Waals surface area contributed by atoms with Gasteiger partial charge in [0.2, 0.25) is 5.91 Å². The second-order valence-corrected chi connectivity index (χ2v) is 6.42. The van der Waals surface area contributed by atoms with Crippen molar-refractivity contribution in [1.82, 2.24) is 4.98 Å². The fourth-order valence-electron chi connectivity index (χ4n) is 2.72. The molecule has 26 heavy (non-hydrogen) atoms. The van der Waals surface area contributed by atoms with Gasteiger partial charge in [-0.3, -0.25) is 4.79 Å². The first-order valence-corrected chi connectivity index (χ1v) is 8.31. The monoisotopic (exact) mass is 392 g/mol. The van der Waals surface area contributed by atoms with E-state index in [-0.39, 0.29) is 12.1 Å². The van der Waals surface area contributed by atoms with Crippen LogP contribution in [0.4, 0.5) is 5.69 Å². The largest absolute Gasteiger partial charge is 0.495 e. The van der Waals surface area contributed by atoms with Gasteiger partial charge < -0.3 is 20.1 Å². The molecule has 1 aromatic heterocycles. The third-order valence-electron chi connectivity index (χ3n) is 3.85. The van der Waals surface area contributed by atoms with Crippen LogP contribution in [0.15, 0.2) is 36.4 Å². The van der Waals surface area contributed by atoms with Gasteiger partial charge in [-0.25, -0.2) is 4.79 Å². The number of H-pyrrole nitrogens is 1. The molecule has 0 atom stereocenters. The van der Waals surface area contributed by atoms with Gasteiger partial charge in [-0.1, -0.05) is 23.2 Å². The summed E-state index contributed by atoms with van der Waals surface area (Å²) in [5.41, 5.74) is 1.30. The molecule has 2 aromatic carbocycles. The maximum absolute atomic E-state index is 12.5. The lowest BCUT2D eigenvalue weighted by Gasteiger charge is -2.10. The van der Waals surface area contributed by atoms with Gasteiger partial charge in [0.1, 0.15) is 11.4 Å². The van der Waals surface area contributed by atoms with Gasteiger partial charge in [-0.05, 0) is 36.4 Å². The van der Waals surface area contributed by atoms with E-state index in [1.807, 2.05) is 0 Å². The number of ether oxygens (including phenoxy) is 1. The Kier molecular flexibility index (Phi) is 5.06. The molecule has 0 saturated carbocycles. The molecule has 0 spiro atoms. The highest BCUT2D eigenvalue weighted by Gasteiger charge is 2.20. The zero-order valence-corrected chi connectivity index (χ0v) is 15.1. The summed E-state index contributed by atoms with van der Waals surface area (Å²) in [5, 5.41) is 13.6. The van der Waals surface area contributed by atoms with Crippen LogP contribution in [-0.2, 0) is 11.2 Å². The number of rotatable bonds is 5. The van der Waals surface area contributed by atoms with Crippen molar-refractivity contribution in [3.8, 4) is 5.75 Å². The van der Waals surface area contributed by atoms with E-state index >= 15 is 0 Å². The van der Waals surface area contributed by atoms with Crippen LogP contribution in [0.2, 0.25) is 10.0 Å². The fraction of sp³-hybridized carbons (Fsp3) is 0.111. The Balaban J connectivity index is 1.94. The number of nitrogens with one attached hydrogen (secondary N) is 2. The minimum Gasteiger partial charge on any atom is -0.495 e. The molecule has 1 heterocycles. The predicted molar refractivity (Wildman–Crippen MR) is 101 cm³/mol. The quantitative estimate of drug-likeness (QED) is 0.601. The molecule has 6 nitrogen and oxygen atoms in total. The smallest absolute Gasteiger partial charge is 0.352 e. The maximum atomic E-state index is 12.5. The van der Waals surface area contributed by atoms with Crippen LogP contribution in [0.1, 0.15) is 16.1 Å². The van der Waals surface area contributed by atoms with Crippen molar-refractivity contribution >= 4 is 51.7 Å². The first-order valence-electron chi connectivity index (χ1n) is 7.56. The van der Waals surface area contributed by atoms with E-state index in [9.17, 15) is 14.7 Å². The fourth-order valence-corrected chi connectivity index (χ4v) is 3.06. The van der Waals surface area contributed by atoms with Gasteiger partial charge in [-0.15, -0.1) is 0 Å². The van der Waals surface area contributed by atoms with Crippen molar-refractivity contribution in [2.75, 3.05) is 12.4 Å². The highest BCUT2D eigenvalue weighted by Crippen LogP contribution is 2.29. The predicted octanol–water partition coefficient (Wildman–Crippen LogP) is 4.36. The molecule has 0 aliphatic rings. The highest BCUT2D eigenvalue weighted by molar-refractivity contribution is 6.31. The van der Waals surface area contributed by atoms with Gasteiger partial charge in [-0.2, -0.15) is 0 Å². The summed E-state index contributed by atoms with van der Waals surface area (Å²) in [6, 6.07) is 9.77. The number of aromatic carboxylic acids is 1. The summed E-state index contributed by atoms with van der Waals surface area (Å²) < 4.78 is 5.19. The zero-order valence-electron chi connectivity index (χ0n) is 13.6. The minimum atomic E-state index is -1.15. The van der Waals surface area contributed by atoms with Gasteiger partial charge in [0.05, 0.1) is 19.2 Å². The molecule has 0 aliphatic carbocycles. The van der Waals surface area contributed by atoms with E-state index in [1.54, 1.807) is 36.4 Å². The standard InChI is InChI=1S/C18H14Cl2N2O4/c1-26-15-5-3-10(20)7-14(15)21-16(23)8-12-11-6-9(19)2-4-13(11)22-17(12)18(24)25/h2-7,22H,8H2,1H3,(H,21,23)(H,24,25). The number of aromatic nitrogens is 1. The molecule has 3 aromatic rings. The topological polar surface area (TPSA) is 91.4 Å². The molecule has 0 bridgehead atoms. The molecule has 3 N–H and O–H groups in total. The number of carbonyl (C=O) groups excluding carboxylic acids is 1. The highest BCUT2D eigenvalue weighted by atomic mass is 35.5. The van der Waals surface area contributed by atoms with Crippen LogP contribution in [-0.4, -0.2) is 29.1 Å². The number of fused-ring (bicyclic) bond motifs is 1. The van der Waals surface area contributed by atoms with Crippen LogP contribution in [0.3, 0.4) is 0 Å². The lowest BCUT2D eigenvalue weighted by Crippen LogP contribution is -2.16. The Morgan fingerprint density at radius 1 is 1.15 bits per heavy atom. The van der Waals surface area contributed by atoms with Crippen LogP contribution < -0.4 is 10.1 Å². The maximum Gasteiger partial charge on any atom is 0.352 e. The first-order chi connectivity index (χ1) is 12.4. The number of benzene rings is 2. The number of hydrogen-bond acceptors (Lipinski definition) is 3. The Morgan fingerprint density at radius 2 is 1.85 bits per heavy atom. The lowest BCUT2D eigenvalue weighted by atomic mass is 10.1. The summed E-state index contributed by atoms with van der Waals surface area (Å²) in [5.74, 6) is -1.11. The number of carboxylic acid groups (broad SMARTS) is 1. The van der Waals surface area contributed by atoms with Crippen molar-refractivity contribution in [3.05, 3.63) is 57.7 Å². The molecular formula is C18H14Cl2N2O4. The number of anilines is 1. The number of carboxylic acids is 1. The van der Waals surface area contributed by atoms with Crippen LogP contribution >= 0.6 is 23.2 Å². The van der Waals surface area contributed by atoms with Crippen LogP contribution in [0, 0.1) is 0 Å². The van der Waals surface area contributed by atoms with Gasteiger partial charge in [0.25, 0.3) is 0 Å². The van der Waals surface area contributed by atoms with E-state index < -0.39 is 11.9 Å². The number of halogens is 2. The van der Waals surface area contributed by atoms with Crippen molar-refractivity contribution < 1.29 is 19.4 Å². The van der Waals surface area contributed by atoms with Gasteiger partial charge in [0.15, 0.2) is 0 Å². The molecule has 8 heteroatoms. The Hall–Kier alpha value is -2.70. The average molecular weight is 393 g/mol. The Labute approximate surface area is 158 Å². The van der Waals surface area contributed by atoms with Gasteiger partial charge in [0, 0.05) is 26.5 Å². The van der Waals surface area contributed by atoms with Crippen molar-refractivity contribution in [1.29, 1.82) is 0 Å². The molecule has 3 rings (SSSR count). The van der Waals surface area contributed by atoms with Gasteiger partial charge >= 0.3 is 5.97 Å². The molecule has 0 aliphatic heterocycles. The zero-order chi connectivity index (χ0) is 18.8. The average Bonchev–Trinajstić information content (AvgIpc) is 2.93. The molecule has 1 amide bonds. The number of hydrogen-bond donors (Lipinski definition) is 3. The van der Waals surface area contributed by atoms with E-state index in [1.165, 1.54) is 7.11 Å². The molecule has 0 unspecified atom stereocenters. The molecule has 0 fully saturated rings. The number of carbonyl (C=O) groups is 2. The number of aromatic amines is 1. The van der Waals surface area contributed by atoms with Crippen molar-refractivity contribution in [2.24, 2.45) is 0 Å². The minimum absolute atomic E-state index is 0.0459. The second kappa shape index (κ2) is 7.27. The van der Waals surface area contributed by atoms with E-state index in [0.29, 0.717) is 37.9 Å². The SMILES string of the molecule is COc1ccc(Cl)cc1NC(=O)Cc1c(C(=O)O)[nH]c2ccc(Cl)cc12. The number of methoxy groups -OCH3 is 1. The second-order valence-electron chi connectivity index (χ2n) is 5.54. The molecule has 0 radical (unpaired) electrons. The summed E-state index contributed by atoms with van der Waals surface area (Å²) >= 11 is 12.0. The molecular weight excluding hydrogens is 379 g/mol. The summed E-state index contributed by atoms with van der Waals surface area (Å²) in [6.45, 7) is 0. The Morgan fingerprint density at radius 3 is 2.54 bits per heavy atom. The summed E-state index contributed by atoms with van der Waals surface area (Å²) in [6.07, 6.45) is -0.155. The van der Waals surface area contributed by atoms with E-state index in [4.69, 9.17) is 27.9 Å². The van der Waals surface area contributed by atoms with E-state index in [2.05, 4.69) is 10.3 Å². The molecule has 134 valence electrons. The molecule has 0 saturated heterocycles. The van der Waals surface area contributed by atoms with Crippen LogP contribution in [0.5, 0.6) is 5.75 Å². The number of amides is 1. The third kappa shape index (κ3) is 3.61. The Bertz CT molecular complexity index is 1010.